The number of hydrogen-bond donors (Lipinski definition) is 2. The highest BCUT2D eigenvalue weighted by atomic mass is 35.5. The van der Waals surface area contributed by atoms with Gasteiger partial charge in [-0.1, -0.05) is 79.2 Å². The monoisotopic (exact) mass is 679 g/mol. The summed E-state index contributed by atoms with van der Waals surface area (Å²) in [5, 5.41) is 13.4. The maximum atomic E-state index is 13.4. The fourth-order valence-electron chi connectivity index (χ4n) is 5.16. The molecule has 0 aliphatic carbocycles. The highest BCUT2D eigenvalue weighted by Crippen LogP contribution is 2.42. The minimum atomic E-state index is -1.12. The third kappa shape index (κ3) is 10.3. The number of methoxy groups -OCH3 is 2. The molecule has 4 aromatic rings. The van der Waals surface area contributed by atoms with Gasteiger partial charge >= 0.3 is 5.97 Å². The van der Waals surface area contributed by atoms with Crippen LogP contribution in [-0.4, -0.2) is 51.0 Å². The number of carbonyl (C=O) groups is 2. The van der Waals surface area contributed by atoms with Crippen molar-refractivity contribution < 1.29 is 33.6 Å². The summed E-state index contributed by atoms with van der Waals surface area (Å²) in [4.78, 5) is 24.9. The Morgan fingerprint density at radius 3 is 1.74 bits per heavy atom. The third-order valence-corrected chi connectivity index (χ3v) is 7.92. The Kier molecular flexibility index (Phi) is 13.6. The lowest BCUT2D eigenvalue weighted by Gasteiger charge is -2.18. The van der Waals surface area contributed by atoms with Crippen LogP contribution in [0.1, 0.15) is 48.9 Å². The number of para-hydroxylation sites is 1. The Balaban J connectivity index is 1.35. The van der Waals surface area contributed by atoms with Crippen molar-refractivity contribution in [3.05, 3.63) is 94.5 Å². The second-order valence-electron chi connectivity index (χ2n) is 10.8. The third-order valence-electron chi connectivity index (χ3n) is 7.45. The number of benzene rings is 4. The molecule has 0 bridgehead atoms. The summed E-state index contributed by atoms with van der Waals surface area (Å²) in [5.74, 6) is 0.870. The van der Waals surface area contributed by atoms with Crippen LogP contribution >= 0.6 is 23.2 Å². The van der Waals surface area contributed by atoms with E-state index in [2.05, 4.69) is 5.32 Å². The van der Waals surface area contributed by atoms with Gasteiger partial charge in [0, 0.05) is 33.3 Å². The van der Waals surface area contributed by atoms with Crippen LogP contribution in [-0.2, 0) is 4.79 Å². The number of ether oxygens (including phenoxy) is 4. The summed E-state index contributed by atoms with van der Waals surface area (Å²) in [6.45, 7) is 0.531. The minimum Gasteiger partial charge on any atom is -0.493 e. The Hall–Kier alpha value is -4.40. The quantitative estimate of drug-likeness (QED) is 0.101. The molecule has 0 unspecified atom stereocenters. The fourth-order valence-corrected chi connectivity index (χ4v) is 5.54. The second kappa shape index (κ2) is 18.1. The molecule has 1 amide bonds. The predicted octanol–water partition coefficient (Wildman–Crippen LogP) is 8.96. The molecule has 0 saturated carbocycles. The van der Waals surface area contributed by atoms with Crippen molar-refractivity contribution in [3.8, 4) is 45.3 Å². The zero-order valence-corrected chi connectivity index (χ0v) is 28.0. The van der Waals surface area contributed by atoms with Crippen LogP contribution in [0.15, 0.2) is 78.9 Å². The molecule has 4 rings (SSSR count). The molecule has 2 N–H and O–H groups in total. The lowest BCUT2D eigenvalue weighted by Crippen LogP contribution is -2.24. The molecular formula is C37H39Cl2NO7. The normalized spacial score (nSPS) is 10.7. The number of hydrogen-bond acceptors (Lipinski definition) is 6. The number of aliphatic carboxylic acids is 1. The van der Waals surface area contributed by atoms with E-state index in [1.54, 1.807) is 62.8 Å². The number of rotatable bonds is 18. The van der Waals surface area contributed by atoms with Gasteiger partial charge in [-0.2, -0.15) is 0 Å². The molecule has 0 aliphatic heterocycles. The number of carboxylic acids is 1. The van der Waals surface area contributed by atoms with Gasteiger partial charge in [-0.05, 0) is 72.5 Å². The van der Waals surface area contributed by atoms with Crippen LogP contribution in [0.2, 0.25) is 10.0 Å². The first-order chi connectivity index (χ1) is 22.8. The Morgan fingerprint density at radius 1 is 0.681 bits per heavy atom. The molecule has 8 nitrogen and oxygen atoms in total. The van der Waals surface area contributed by atoms with Crippen molar-refractivity contribution >= 4 is 35.1 Å². The number of nitrogens with one attached hydrogen (secondary N) is 1. The Morgan fingerprint density at radius 2 is 1.21 bits per heavy atom. The number of unbranched alkanes of at least 4 members (excludes halogenated alkanes) is 5. The van der Waals surface area contributed by atoms with Gasteiger partial charge in [-0.15, -0.1) is 0 Å². The van der Waals surface area contributed by atoms with Crippen LogP contribution in [0.4, 0.5) is 0 Å². The molecule has 0 aliphatic rings. The first-order valence-electron chi connectivity index (χ1n) is 15.5. The van der Waals surface area contributed by atoms with Crippen molar-refractivity contribution in [2.24, 2.45) is 0 Å². The molecule has 0 spiro atoms. The highest BCUT2D eigenvalue weighted by molar-refractivity contribution is 6.31. The van der Waals surface area contributed by atoms with E-state index in [1.165, 1.54) is 0 Å². The van der Waals surface area contributed by atoms with Crippen LogP contribution in [0.25, 0.3) is 22.3 Å². The number of carboxylic acid groups (broad SMARTS) is 1. The van der Waals surface area contributed by atoms with E-state index in [0.717, 1.165) is 38.5 Å². The molecule has 0 aromatic heterocycles. The molecule has 0 radical (unpaired) electrons. The SMILES string of the molecule is COc1cccc(OC)c1OCCCCCCCCNC(=O)c1cc(-c2cccc(Cl)c2)c(OCC(=O)O)c(-c2cccc(Cl)c2)c1. The van der Waals surface area contributed by atoms with E-state index >= 15 is 0 Å². The van der Waals surface area contributed by atoms with Gasteiger partial charge < -0.3 is 29.4 Å². The van der Waals surface area contributed by atoms with Crippen molar-refractivity contribution in [1.29, 1.82) is 0 Å². The number of halogens is 2. The smallest absolute Gasteiger partial charge is 0.341 e. The maximum Gasteiger partial charge on any atom is 0.341 e. The highest BCUT2D eigenvalue weighted by Gasteiger charge is 2.20. The maximum absolute atomic E-state index is 13.4. The summed E-state index contributed by atoms with van der Waals surface area (Å²) in [5.41, 5.74) is 2.87. The molecule has 0 heterocycles. The fraction of sp³-hybridized carbons (Fsp3) is 0.297. The van der Waals surface area contributed by atoms with Crippen molar-refractivity contribution in [1.82, 2.24) is 5.32 Å². The molecular weight excluding hydrogens is 641 g/mol. The summed E-state index contributed by atoms with van der Waals surface area (Å²) in [7, 11) is 3.22. The van der Waals surface area contributed by atoms with Gasteiger partial charge in [-0.3, -0.25) is 4.79 Å². The topological polar surface area (TPSA) is 103 Å². The summed E-state index contributed by atoms with van der Waals surface area (Å²) in [6, 6.07) is 23.2. The number of amides is 1. The lowest BCUT2D eigenvalue weighted by molar-refractivity contribution is -0.139. The van der Waals surface area contributed by atoms with E-state index in [9.17, 15) is 14.7 Å². The van der Waals surface area contributed by atoms with Gasteiger partial charge in [0.25, 0.3) is 5.91 Å². The summed E-state index contributed by atoms with van der Waals surface area (Å²) >= 11 is 12.6. The molecule has 0 saturated heterocycles. The average Bonchev–Trinajstić information content (AvgIpc) is 3.07. The van der Waals surface area contributed by atoms with E-state index in [-0.39, 0.29) is 5.91 Å². The molecule has 0 fully saturated rings. The van der Waals surface area contributed by atoms with Gasteiger partial charge in [-0.25, -0.2) is 4.79 Å². The standard InChI is InChI=1S/C37H39Cl2NO7/c1-44-32-16-11-17-33(45-2)36(32)46-19-8-6-4-3-5-7-18-40-37(43)27-22-30(25-12-9-14-28(38)20-25)35(47-24-34(41)42)31(23-27)26-13-10-15-29(39)21-26/h9-17,20-23H,3-8,18-19,24H2,1-2H3,(H,40,43)(H,41,42). The van der Waals surface area contributed by atoms with E-state index in [4.69, 9.17) is 42.1 Å². The number of carbonyl (C=O) groups excluding carboxylic acids is 1. The second-order valence-corrected chi connectivity index (χ2v) is 11.7. The Bertz CT molecular complexity index is 1570. The van der Waals surface area contributed by atoms with Crippen LogP contribution in [0, 0.1) is 0 Å². The minimum absolute atomic E-state index is 0.245. The first-order valence-corrected chi connectivity index (χ1v) is 16.2. The van der Waals surface area contributed by atoms with Gasteiger partial charge in [0.15, 0.2) is 18.1 Å². The zero-order chi connectivity index (χ0) is 33.6. The first kappa shape index (κ1) is 35.5. The summed E-state index contributed by atoms with van der Waals surface area (Å²) in [6.07, 6.45) is 5.85. The largest absolute Gasteiger partial charge is 0.493 e. The van der Waals surface area contributed by atoms with Crippen molar-refractivity contribution in [2.75, 3.05) is 34.0 Å². The summed E-state index contributed by atoms with van der Waals surface area (Å²) < 4.78 is 22.5. The molecule has 47 heavy (non-hydrogen) atoms. The lowest BCUT2D eigenvalue weighted by atomic mass is 9.94. The molecule has 4 aromatic carbocycles. The predicted molar refractivity (Wildman–Crippen MR) is 186 cm³/mol. The molecule has 10 heteroatoms. The van der Waals surface area contributed by atoms with E-state index in [0.29, 0.717) is 74.0 Å². The van der Waals surface area contributed by atoms with Crippen LogP contribution in [0.5, 0.6) is 23.0 Å². The van der Waals surface area contributed by atoms with E-state index in [1.807, 2.05) is 30.3 Å². The average molecular weight is 681 g/mol. The van der Waals surface area contributed by atoms with Crippen LogP contribution in [0.3, 0.4) is 0 Å². The van der Waals surface area contributed by atoms with Gasteiger partial charge in [0.2, 0.25) is 5.75 Å². The van der Waals surface area contributed by atoms with Crippen molar-refractivity contribution in [3.63, 3.8) is 0 Å². The van der Waals surface area contributed by atoms with Gasteiger partial charge in [0.1, 0.15) is 5.75 Å². The van der Waals surface area contributed by atoms with E-state index < -0.39 is 12.6 Å². The Labute approximate surface area is 285 Å². The molecule has 0 atom stereocenters. The van der Waals surface area contributed by atoms with Crippen molar-refractivity contribution in [2.45, 2.75) is 38.5 Å². The molecule has 248 valence electrons. The van der Waals surface area contributed by atoms with Crippen LogP contribution < -0.4 is 24.3 Å². The van der Waals surface area contributed by atoms with Gasteiger partial charge in [0.05, 0.1) is 20.8 Å². The zero-order valence-electron chi connectivity index (χ0n) is 26.5.